The van der Waals surface area contributed by atoms with E-state index in [-0.39, 0.29) is 0 Å². The lowest BCUT2D eigenvalue weighted by molar-refractivity contribution is 0.0695. The highest BCUT2D eigenvalue weighted by Crippen LogP contribution is 2.30. The minimum Gasteiger partial charge on any atom is -0.478 e. The minimum absolute atomic E-state index is 0.307. The first kappa shape index (κ1) is 16.5. The van der Waals surface area contributed by atoms with E-state index in [2.05, 4.69) is 30.0 Å². The number of hydrogen-bond acceptors (Lipinski definition) is 2. The highest BCUT2D eigenvalue weighted by molar-refractivity contribution is 5.89. The van der Waals surface area contributed by atoms with Gasteiger partial charge < -0.3 is 5.11 Å². The second-order valence-electron chi connectivity index (χ2n) is 6.51. The fourth-order valence-corrected chi connectivity index (χ4v) is 3.51. The van der Waals surface area contributed by atoms with Gasteiger partial charge in [-0.1, -0.05) is 60.2 Å². The molecular formula is C21H23NO2. The number of carboxylic acid groups (broad SMARTS) is 1. The largest absolute Gasteiger partial charge is 0.478 e. The topological polar surface area (TPSA) is 40.5 Å². The quantitative estimate of drug-likeness (QED) is 0.893. The van der Waals surface area contributed by atoms with E-state index < -0.39 is 5.97 Å². The van der Waals surface area contributed by atoms with E-state index in [1.807, 2.05) is 30.3 Å². The van der Waals surface area contributed by atoms with Crippen LogP contribution in [0.15, 0.2) is 60.2 Å². The van der Waals surface area contributed by atoms with Crippen molar-refractivity contribution < 1.29 is 9.90 Å². The molecule has 0 spiro atoms. The smallest absolute Gasteiger partial charge is 0.335 e. The van der Waals surface area contributed by atoms with Crippen LogP contribution < -0.4 is 0 Å². The summed E-state index contributed by atoms with van der Waals surface area (Å²) in [5, 5.41) is 9.38. The van der Waals surface area contributed by atoms with Crippen LogP contribution in [0.5, 0.6) is 0 Å². The summed E-state index contributed by atoms with van der Waals surface area (Å²) in [4.78, 5) is 13.8. The van der Waals surface area contributed by atoms with Gasteiger partial charge in [0.1, 0.15) is 0 Å². The molecule has 3 heteroatoms. The van der Waals surface area contributed by atoms with Crippen LogP contribution in [0.3, 0.4) is 0 Å². The number of carboxylic acids is 1. The first-order valence-corrected chi connectivity index (χ1v) is 8.40. The lowest BCUT2D eigenvalue weighted by Gasteiger charge is -2.17. The number of likely N-dealkylation sites (tertiary alicyclic amines) is 1. The summed E-state index contributed by atoms with van der Waals surface area (Å²) >= 11 is 0. The third kappa shape index (κ3) is 3.92. The van der Waals surface area contributed by atoms with Crippen LogP contribution in [0.25, 0.3) is 6.08 Å². The Morgan fingerprint density at radius 1 is 1.17 bits per heavy atom. The molecule has 0 amide bonds. The number of hydrogen-bond donors (Lipinski definition) is 1. The molecule has 3 nitrogen and oxygen atoms in total. The molecule has 1 heterocycles. The van der Waals surface area contributed by atoms with E-state index in [4.69, 9.17) is 0 Å². The van der Waals surface area contributed by atoms with E-state index in [1.165, 1.54) is 11.1 Å². The van der Waals surface area contributed by atoms with Gasteiger partial charge in [0.05, 0.1) is 5.56 Å². The second kappa shape index (κ2) is 7.45. The molecule has 0 saturated carbocycles. The average Bonchev–Trinajstić information content (AvgIpc) is 3.04. The first-order chi connectivity index (χ1) is 11.6. The Hall–Kier alpha value is -2.39. The predicted molar refractivity (Wildman–Crippen MR) is 97.3 cm³/mol. The van der Waals surface area contributed by atoms with Crippen LogP contribution in [-0.4, -0.2) is 35.6 Å². The van der Waals surface area contributed by atoms with Crippen molar-refractivity contribution in [1.82, 2.24) is 4.90 Å². The maximum Gasteiger partial charge on any atom is 0.335 e. The molecule has 124 valence electrons. The molecule has 3 rings (SSSR count). The fourth-order valence-electron chi connectivity index (χ4n) is 3.51. The van der Waals surface area contributed by atoms with Crippen molar-refractivity contribution in [2.24, 2.45) is 0 Å². The standard InChI is InChI=1S/C21H23NO2/c1-16(13-17-7-3-2-4-8-17)14-22-12-11-18(15-22)19-9-5-6-10-20(19)21(23)24/h2-10,13,18H,11-12,14-15H2,1H3,(H,23,24)/b16-13+/t18-/m0/s1. The van der Waals surface area contributed by atoms with Crippen LogP contribution in [0.1, 0.15) is 40.7 Å². The van der Waals surface area contributed by atoms with Crippen molar-refractivity contribution in [3.63, 3.8) is 0 Å². The molecule has 0 bridgehead atoms. The number of benzene rings is 2. The fraction of sp³-hybridized carbons (Fsp3) is 0.286. The summed E-state index contributed by atoms with van der Waals surface area (Å²) < 4.78 is 0. The van der Waals surface area contributed by atoms with Crippen LogP contribution >= 0.6 is 0 Å². The summed E-state index contributed by atoms with van der Waals surface area (Å²) in [5.74, 6) is -0.522. The van der Waals surface area contributed by atoms with Crippen LogP contribution in [0, 0.1) is 0 Å². The third-order valence-corrected chi connectivity index (χ3v) is 4.59. The van der Waals surface area contributed by atoms with Gasteiger partial charge in [-0.25, -0.2) is 4.79 Å². The van der Waals surface area contributed by atoms with Crippen molar-refractivity contribution in [1.29, 1.82) is 0 Å². The van der Waals surface area contributed by atoms with E-state index >= 15 is 0 Å². The predicted octanol–water partition coefficient (Wildman–Crippen LogP) is 4.28. The molecule has 0 radical (unpaired) electrons. The normalized spacial score (nSPS) is 18.7. The Morgan fingerprint density at radius 3 is 2.62 bits per heavy atom. The van der Waals surface area contributed by atoms with Gasteiger partial charge in [-0.15, -0.1) is 0 Å². The van der Waals surface area contributed by atoms with Crippen molar-refractivity contribution in [2.75, 3.05) is 19.6 Å². The van der Waals surface area contributed by atoms with Gasteiger partial charge in [-0.05, 0) is 43.0 Å². The number of rotatable bonds is 5. The zero-order chi connectivity index (χ0) is 16.9. The highest BCUT2D eigenvalue weighted by atomic mass is 16.4. The maximum absolute atomic E-state index is 11.4. The Labute approximate surface area is 143 Å². The van der Waals surface area contributed by atoms with Crippen molar-refractivity contribution >= 4 is 12.0 Å². The molecule has 1 atom stereocenters. The summed E-state index contributed by atoms with van der Waals surface area (Å²) in [6, 6.07) is 17.8. The molecule has 2 aromatic carbocycles. The van der Waals surface area contributed by atoms with Crippen LogP contribution in [-0.2, 0) is 0 Å². The van der Waals surface area contributed by atoms with Crippen molar-refractivity contribution in [3.05, 3.63) is 76.9 Å². The number of carbonyl (C=O) groups is 1. The van der Waals surface area contributed by atoms with Crippen LogP contribution in [0.2, 0.25) is 0 Å². The first-order valence-electron chi connectivity index (χ1n) is 8.40. The van der Waals surface area contributed by atoms with Crippen molar-refractivity contribution in [3.8, 4) is 0 Å². The van der Waals surface area contributed by atoms with E-state index in [1.54, 1.807) is 12.1 Å². The van der Waals surface area contributed by atoms with Gasteiger partial charge in [0, 0.05) is 13.1 Å². The molecule has 1 fully saturated rings. The van der Waals surface area contributed by atoms with E-state index in [9.17, 15) is 9.90 Å². The molecule has 1 N–H and O–H groups in total. The van der Waals surface area contributed by atoms with Gasteiger partial charge in [-0.3, -0.25) is 4.90 Å². The Morgan fingerprint density at radius 2 is 1.88 bits per heavy atom. The monoisotopic (exact) mass is 321 g/mol. The Bertz CT molecular complexity index is 737. The average molecular weight is 321 g/mol. The lowest BCUT2D eigenvalue weighted by Crippen LogP contribution is -2.22. The Balaban J connectivity index is 1.66. The zero-order valence-corrected chi connectivity index (χ0v) is 14.0. The second-order valence-corrected chi connectivity index (χ2v) is 6.51. The summed E-state index contributed by atoms with van der Waals surface area (Å²) in [5.41, 5.74) is 3.97. The minimum atomic E-state index is -0.829. The van der Waals surface area contributed by atoms with Gasteiger partial charge in [-0.2, -0.15) is 0 Å². The van der Waals surface area contributed by atoms with Gasteiger partial charge in [0.15, 0.2) is 0 Å². The molecule has 1 aliphatic rings. The van der Waals surface area contributed by atoms with Crippen molar-refractivity contribution in [2.45, 2.75) is 19.3 Å². The molecule has 1 saturated heterocycles. The molecule has 2 aromatic rings. The zero-order valence-electron chi connectivity index (χ0n) is 14.0. The Kier molecular flexibility index (Phi) is 5.11. The number of aromatic carboxylic acids is 1. The maximum atomic E-state index is 11.4. The molecule has 24 heavy (non-hydrogen) atoms. The molecule has 0 aliphatic carbocycles. The summed E-state index contributed by atoms with van der Waals surface area (Å²) in [7, 11) is 0. The van der Waals surface area contributed by atoms with Gasteiger partial charge >= 0.3 is 5.97 Å². The molecule has 1 aliphatic heterocycles. The summed E-state index contributed by atoms with van der Waals surface area (Å²) in [6.07, 6.45) is 3.24. The third-order valence-electron chi connectivity index (χ3n) is 4.59. The lowest BCUT2D eigenvalue weighted by atomic mass is 9.93. The summed E-state index contributed by atoms with van der Waals surface area (Å²) in [6.45, 7) is 5.02. The SMILES string of the molecule is C/C(=C\c1ccccc1)CN1CC[C@H](c2ccccc2C(=O)O)C1. The number of nitrogens with zero attached hydrogens (tertiary/aromatic N) is 1. The molecule has 0 unspecified atom stereocenters. The van der Waals surface area contributed by atoms with E-state index in [0.717, 1.165) is 31.6 Å². The molecular weight excluding hydrogens is 298 g/mol. The molecule has 0 aromatic heterocycles. The van der Waals surface area contributed by atoms with E-state index in [0.29, 0.717) is 11.5 Å². The van der Waals surface area contributed by atoms with Gasteiger partial charge in [0.25, 0.3) is 0 Å². The van der Waals surface area contributed by atoms with Gasteiger partial charge in [0.2, 0.25) is 0 Å². The van der Waals surface area contributed by atoms with Crippen LogP contribution in [0.4, 0.5) is 0 Å². The highest BCUT2D eigenvalue weighted by Gasteiger charge is 2.26.